The first-order chi connectivity index (χ1) is 33.6. The van der Waals surface area contributed by atoms with Crippen LogP contribution in [-0.4, -0.2) is 7.28 Å². The van der Waals surface area contributed by atoms with Crippen LogP contribution in [0.2, 0.25) is 0 Å². The van der Waals surface area contributed by atoms with E-state index < -0.39 is 5.41 Å². The summed E-state index contributed by atoms with van der Waals surface area (Å²) in [6, 6.07) is 82.1. The van der Waals surface area contributed by atoms with Crippen LogP contribution < -0.4 is 21.1 Å². The minimum Gasteiger partial charge on any atom is -0.354 e. The molecule has 0 fully saturated rings. The number of benzene rings is 10. The van der Waals surface area contributed by atoms with Gasteiger partial charge in [0, 0.05) is 43.0 Å². The van der Waals surface area contributed by atoms with Crippen molar-refractivity contribution in [2.24, 2.45) is 0 Å². The van der Waals surface area contributed by atoms with Crippen LogP contribution in [0.5, 0.6) is 0 Å². The van der Waals surface area contributed by atoms with Gasteiger partial charge in [0.05, 0.1) is 16.8 Å². The highest BCUT2D eigenvalue weighted by Crippen LogP contribution is 2.56. The predicted molar refractivity (Wildman–Crippen MR) is 294 cm³/mol. The summed E-state index contributed by atoms with van der Waals surface area (Å²) in [5.74, 6) is 0.451. The van der Waals surface area contributed by atoms with E-state index in [4.69, 9.17) is 0 Å². The van der Waals surface area contributed by atoms with Gasteiger partial charge < -0.3 is 10.2 Å². The Labute approximate surface area is 403 Å². The molecule has 0 radical (unpaired) electrons. The molecule has 68 heavy (non-hydrogen) atoms. The van der Waals surface area contributed by atoms with Crippen molar-refractivity contribution < 1.29 is 0 Å². The number of nitrogens with zero attached hydrogens (tertiary/aromatic N) is 1. The molecule has 0 saturated heterocycles. The molecule has 0 unspecified atom stereocenters. The van der Waals surface area contributed by atoms with Gasteiger partial charge in [0.2, 0.25) is 0 Å². The Morgan fingerprint density at radius 3 is 2.00 bits per heavy atom. The summed E-state index contributed by atoms with van der Waals surface area (Å²) < 4.78 is 2.63. The van der Waals surface area contributed by atoms with Crippen LogP contribution in [0.1, 0.15) is 60.4 Å². The second-order valence-electron chi connectivity index (χ2n) is 18.8. The van der Waals surface area contributed by atoms with Gasteiger partial charge in [-0.25, -0.2) is 0 Å². The Kier molecular flexibility index (Phi) is 9.73. The fourth-order valence-electron chi connectivity index (χ4n) is 11.9. The smallest absolute Gasteiger partial charge is 0.198 e. The van der Waals surface area contributed by atoms with E-state index in [1.807, 2.05) is 11.3 Å². The largest absolute Gasteiger partial charge is 0.354 e. The monoisotopic (exact) mass is 888 g/mol. The van der Waals surface area contributed by atoms with E-state index in [-0.39, 0.29) is 0 Å². The second kappa shape index (κ2) is 16.3. The Hall–Kier alpha value is -7.66. The third-order valence-electron chi connectivity index (χ3n) is 14.9. The Morgan fingerprint density at radius 1 is 0.544 bits per heavy atom. The van der Waals surface area contributed by atoms with Crippen LogP contribution in [0.15, 0.2) is 218 Å². The molecule has 1 atom stereocenters. The Morgan fingerprint density at radius 2 is 1.22 bits per heavy atom. The van der Waals surface area contributed by atoms with Crippen molar-refractivity contribution in [1.29, 1.82) is 0 Å². The minimum absolute atomic E-state index is 0.451. The molecule has 1 aromatic heterocycles. The van der Waals surface area contributed by atoms with Gasteiger partial charge in [-0.15, -0.1) is 11.3 Å². The van der Waals surface area contributed by atoms with Crippen molar-refractivity contribution >= 4 is 88.9 Å². The lowest BCUT2D eigenvalue weighted by Crippen LogP contribution is -2.41. The molecule has 11 aromatic rings. The molecule has 0 bridgehead atoms. The van der Waals surface area contributed by atoms with Crippen LogP contribution in [0.4, 0.5) is 28.4 Å². The van der Waals surface area contributed by atoms with Gasteiger partial charge in [-0.2, -0.15) is 0 Å². The van der Waals surface area contributed by atoms with Gasteiger partial charge in [0.25, 0.3) is 0 Å². The fourth-order valence-corrected chi connectivity index (χ4v) is 13.0. The minimum atomic E-state index is -0.578. The first kappa shape index (κ1) is 40.6. The topological polar surface area (TPSA) is 15.3 Å². The second-order valence-corrected chi connectivity index (χ2v) is 19.9. The molecule has 324 valence electrons. The average Bonchev–Trinajstić information content (AvgIpc) is 3.76. The van der Waals surface area contributed by atoms with Gasteiger partial charge in [0.15, 0.2) is 7.28 Å². The maximum Gasteiger partial charge on any atom is 0.198 e. The van der Waals surface area contributed by atoms with Gasteiger partial charge in [-0.1, -0.05) is 208 Å². The quantitative estimate of drug-likeness (QED) is 0.153. The molecule has 2 nitrogen and oxygen atoms in total. The standard InChI is InChI=1S/C64H49BN2S/c1-3-20-41(2)43-35-36-56(50(37-43)42-21-7-4-8-22-42)67-57-40-60-51(48-29-15-18-34-59(48)68-60)39-54(57)65-62-58(67)38-44-23-13-14-28-47(44)61(62)49-30-19-32-53-63(49)66-55-33-17-16-31-52(55)64(53,45-24-9-5-10-25-45)46-26-11-6-12-27-46/h4-19,21-41,65-66H,3,20H2,1-2H3/t41-/m0/s1. The molecule has 2 aliphatic heterocycles. The van der Waals surface area contributed by atoms with Crippen molar-refractivity contribution in [1.82, 2.24) is 0 Å². The number of hydrogen-bond acceptors (Lipinski definition) is 3. The number of nitrogens with one attached hydrogen (secondary N) is 1. The molecule has 3 heterocycles. The van der Waals surface area contributed by atoms with Crippen molar-refractivity contribution in [3.63, 3.8) is 0 Å². The summed E-state index contributed by atoms with van der Waals surface area (Å²) in [7, 11) is 0.788. The lowest BCUT2D eigenvalue weighted by atomic mass is 9.57. The molecule has 2 aliphatic rings. The molecule has 0 amide bonds. The molecule has 10 aromatic carbocycles. The molecule has 0 aliphatic carbocycles. The van der Waals surface area contributed by atoms with Crippen LogP contribution in [0.3, 0.4) is 0 Å². The zero-order valence-electron chi connectivity index (χ0n) is 38.3. The summed E-state index contributed by atoms with van der Waals surface area (Å²) in [5.41, 5.74) is 19.4. The van der Waals surface area contributed by atoms with E-state index >= 15 is 0 Å². The summed E-state index contributed by atoms with van der Waals surface area (Å²) in [6.07, 6.45) is 2.30. The van der Waals surface area contributed by atoms with Gasteiger partial charge in [0.1, 0.15) is 0 Å². The maximum atomic E-state index is 4.12. The number of para-hydroxylation sites is 2. The highest BCUT2D eigenvalue weighted by atomic mass is 32.1. The van der Waals surface area contributed by atoms with Crippen LogP contribution in [-0.2, 0) is 5.41 Å². The highest BCUT2D eigenvalue weighted by molar-refractivity contribution is 7.25. The van der Waals surface area contributed by atoms with Crippen molar-refractivity contribution in [3.05, 3.63) is 246 Å². The van der Waals surface area contributed by atoms with E-state index in [0.717, 1.165) is 31.5 Å². The van der Waals surface area contributed by atoms with E-state index in [9.17, 15) is 0 Å². The SMILES string of the molecule is CCC[C@H](C)c1ccc(N2c3cc4sc5ccccc5c4cc3Bc3c2cc2ccccc2c3-c2cccc3c2Nc2ccccc2C3(c2ccccc2)c2ccccc2)c(-c2ccccc2)c1. The van der Waals surface area contributed by atoms with Crippen LogP contribution in [0, 0.1) is 0 Å². The van der Waals surface area contributed by atoms with E-state index in [1.165, 1.54) is 109 Å². The van der Waals surface area contributed by atoms with E-state index in [0.29, 0.717) is 5.92 Å². The first-order valence-electron chi connectivity index (χ1n) is 24.2. The highest BCUT2D eigenvalue weighted by Gasteiger charge is 2.45. The molecular weight excluding hydrogens is 840 g/mol. The zero-order chi connectivity index (χ0) is 45.3. The molecule has 0 saturated carbocycles. The predicted octanol–water partition coefficient (Wildman–Crippen LogP) is 16.1. The van der Waals surface area contributed by atoms with Crippen molar-refractivity contribution in [3.8, 4) is 22.3 Å². The summed E-state index contributed by atoms with van der Waals surface area (Å²) in [6.45, 7) is 4.68. The Bertz CT molecular complexity index is 3690. The van der Waals surface area contributed by atoms with E-state index in [2.05, 4.69) is 242 Å². The van der Waals surface area contributed by atoms with Crippen LogP contribution in [0.25, 0.3) is 53.2 Å². The molecule has 4 heteroatoms. The normalized spacial score (nSPS) is 13.8. The van der Waals surface area contributed by atoms with Crippen LogP contribution >= 0.6 is 11.3 Å². The summed E-state index contributed by atoms with van der Waals surface area (Å²) in [5, 5.41) is 9.24. The molecular formula is C64H49BN2S. The number of thiophene rings is 1. The molecule has 1 N–H and O–H groups in total. The Balaban J connectivity index is 1.14. The van der Waals surface area contributed by atoms with Gasteiger partial charge in [-0.3, -0.25) is 0 Å². The number of rotatable bonds is 8. The third kappa shape index (κ3) is 6.24. The summed E-state index contributed by atoms with van der Waals surface area (Å²) >= 11 is 1.90. The lowest BCUT2D eigenvalue weighted by molar-refractivity contribution is 0.665. The first-order valence-corrected chi connectivity index (χ1v) is 25.0. The maximum absolute atomic E-state index is 4.12. The fraction of sp³-hybridized carbons (Fsp3) is 0.0938. The van der Waals surface area contributed by atoms with Gasteiger partial charge in [-0.05, 0) is 109 Å². The summed E-state index contributed by atoms with van der Waals surface area (Å²) in [4.78, 5) is 2.63. The molecule has 0 spiro atoms. The molecule has 13 rings (SSSR count). The van der Waals surface area contributed by atoms with Gasteiger partial charge >= 0.3 is 0 Å². The number of hydrogen-bond donors (Lipinski definition) is 1. The van der Waals surface area contributed by atoms with Crippen molar-refractivity contribution in [2.45, 2.75) is 38.0 Å². The van der Waals surface area contributed by atoms with Crippen molar-refractivity contribution in [2.75, 3.05) is 10.2 Å². The average molecular weight is 889 g/mol. The van der Waals surface area contributed by atoms with E-state index in [1.54, 1.807) is 0 Å². The third-order valence-corrected chi connectivity index (χ3v) is 16.1. The zero-order valence-corrected chi connectivity index (χ0v) is 39.2. The number of anilines is 5. The number of fused-ring (bicyclic) bond motifs is 8. The lowest BCUT2D eigenvalue weighted by Gasteiger charge is -2.43.